The zero-order chi connectivity index (χ0) is 15.0. The average Bonchev–Trinajstić information content (AvgIpc) is 2.90. The molecule has 0 aromatic carbocycles. The predicted octanol–water partition coefficient (Wildman–Crippen LogP) is 0.184. The van der Waals surface area contributed by atoms with Gasteiger partial charge in [0, 0.05) is 20.6 Å². The molecular weight excluding hydrogens is 248 g/mol. The summed E-state index contributed by atoms with van der Waals surface area (Å²) in [5.41, 5.74) is -0.507. The first kappa shape index (κ1) is 15.5. The van der Waals surface area contributed by atoms with Crippen LogP contribution in [-0.4, -0.2) is 48.4 Å². The van der Waals surface area contributed by atoms with Gasteiger partial charge in [0.05, 0.1) is 17.8 Å². The fourth-order valence-corrected chi connectivity index (χ4v) is 2.63. The smallest absolute Gasteiger partial charge is 0.307 e. The highest BCUT2D eigenvalue weighted by molar-refractivity contribution is 5.91. The van der Waals surface area contributed by atoms with E-state index in [2.05, 4.69) is 5.32 Å². The number of aliphatic carboxylic acids is 1. The number of hydrogen-bond acceptors (Lipinski definition) is 3. The molecule has 19 heavy (non-hydrogen) atoms. The standard InChI is InChI=1S/C13H22N2O4/c1-7(10(16)14-4)6-15(5)11(17)8-9(12(18)19)13(8,2)3/h7-9H,6H2,1-5H3,(H,14,16)(H,18,19)/t7?,8-,9+/m0/s1. The van der Waals surface area contributed by atoms with E-state index in [0.717, 1.165) is 0 Å². The molecule has 6 nitrogen and oxygen atoms in total. The molecule has 0 heterocycles. The quantitative estimate of drug-likeness (QED) is 0.746. The van der Waals surface area contributed by atoms with E-state index in [1.807, 2.05) is 0 Å². The Bertz CT molecular complexity index is 405. The lowest BCUT2D eigenvalue weighted by Crippen LogP contribution is -2.38. The van der Waals surface area contributed by atoms with E-state index in [4.69, 9.17) is 5.11 Å². The summed E-state index contributed by atoms with van der Waals surface area (Å²) in [6.07, 6.45) is 0. The van der Waals surface area contributed by atoms with Crippen molar-refractivity contribution >= 4 is 17.8 Å². The van der Waals surface area contributed by atoms with Crippen LogP contribution in [-0.2, 0) is 14.4 Å². The van der Waals surface area contributed by atoms with Gasteiger partial charge in [-0.3, -0.25) is 14.4 Å². The molecule has 0 radical (unpaired) electrons. The molecule has 6 heteroatoms. The fourth-order valence-electron chi connectivity index (χ4n) is 2.63. The highest BCUT2D eigenvalue weighted by Gasteiger charge is 2.66. The number of carbonyl (C=O) groups excluding carboxylic acids is 2. The van der Waals surface area contributed by atoms with Gasteiger partial charge in [-0.15, -0.1) is 0 Å². The molecule has 0 bridgehead atoms. The van der Waals surface area contributed by atoms with Crippen LogP contribution in [0.5, 0.6) is 0 Å². The Balaban J connectivity index is 2.65. The second-order valence-corrected chi connectivity index (χ2v) is 5.85. The average molecular weight is 270 g/mol. The van der Waals surface area contributed by atoms with Gasteiger partial charge in [0.1, 0.15) is 0 Å². The van der Waals surface area contributed by atoms with Crippen molar-refractivity contribution in [3.05, 3.63) is 0 Å². The van der Waals surface area contributed by atoms with Crippen LogP contribution in [0.15, 0.2) is 0 Å². The Morgan fingerprint density at radius 2 is 1.84 bits per heavy atom. The summed E-state index contributed by atoms with van der Waals surface area (Å²) >= 11 is 0. The van der Waals surface area contributed by atoms with Gasteiger partial charge in [-0.1, -0.05) is 20.8 Å². The fraction of sp³-hybridized carbons (Fsp3) is 0.769. The van der Waals surface area contributed by atoms with Crippen molar-refractivity contribution < 1.29 is 19.5 Å². The molecule has 1 unspecified atom stereocenters. The van der Waals surface area contributed by atoms with Crippen molar-refractivity contribution in [3.63, 3.8) is 0 Å². The molecule has 0 spiro atoms. The Kier molecular flexibility index (Phi) is 4.22. The topological polar surface area (TPSA) is 86.7 Å². The third-order valence-electron chi connectivity index (χ3n) is 3.98. The first-order chi connectivity index (χ1) is 8.64. The molecule has 0 aromatic rings. The SMILES string of the molecule is CNC(=O)C(C)CN(C)C(=O)[C@@H]1[C@H](C(=O)O)C1(C)C. The maximum Gasteiger partial charge on any atom is 0.307 e. The van der Waals surface area contributed by atoms with Gasteiger partial charge in [0.15, 0.2) is 0 Å². The first-order valence-corrected chi connectivity index (χ1v) is 6.34. The number of carboxylic acids is 1. The van der Waals surface area contributed by atoms with Crippen LogP contribution >= 0.6 is 0 Å². The minimum atomic E-state index is -0.934. The molecule has 0 saturated heterocycles. The maximum atomic E-state index is 12.2. The molecule has 1 saturated carbocycles. The minimum Gasteiger partial charge on any atom is -0.481 e. The minimum absolute atomic E-state index is 0.135. The summed E-state index contributed by atoms with van der Waals surface area (Å²) in [7, 11) is 3.15. The molecule has 108 valence electrons. The third kappa shape index (κ3) is 2.88. The van der Waals surface area contributed by atoms with E-state index in [1.165, 1.54) is 4.90 Å². The summed E-state index contributed by atoms with van der Waals surface area (Å²) in [6.45, 7) is 5.58. The molecule has 2 N–H and O–H groups in total. The van der Waals surface area contributed by atoms with Gasteiger partial charge in [-0.05, 0) is 5.41 Å². The van der Waals surface area contributed by atoms with Gasteiger partial charge >= 0.3 is 5.97 Å². The van der Waals surface area contributed by atoms with Crippen LogP contribution in [0, 0.1) is 23.2 Å². The van der Waals surface area contributed by atoms with Crippen LogP contribution in [0.25, 0.3) is 0 Å². The van der Waals surface area contributed by atoms with Crippen LogP contribution in [0.4, 0.5) is 0 Å². The molecule has 1 aliphatic carbocycles. The van der Waals surface area contributed by atoms with Gasteiger partial charge in [0.2, 0.25) is 11.8 Å². The lowest BCUT2D eigenvalue weighted by atomic mass is 10.1. The Morgan fingerprint density at radius 3 is 2.21 bits per heavy atom. The number of nitrogens with one attached hydrogen (secondary N) is 1. The van der Waals surface area contributed by atoms with Gasteiger partial charge in [-0.25, -0.2) is 0 Å². The van der Waals surface area contributed by atoms with Crippen LogP contribution in [0.3, 0.4) is 0 Å². The molecular formula is C13H22N2O4. The highest BCUT2D eigenvalue weighted by Crippen LogP contribution is 2.58. The van der Waals surface area contributed by atoms with E-state index in [9.17, 15) is 14.4 Å². The van der Waals surface area contributed by atoms with Crippen molar-refractivity contribution in [1.29, 1.82) is 0 Å². The molecule has 2 amide bonds. The Morgan fingerprint density at radius 1 is 1.32 bits per heavy atom. The number of nitrogens with zero attached hydrogens (tertiary/aromatic N) is 1. The number of hydrogen-bond donors (Lipinski definition) is 2. The summed E-state index contributed by atoms with van der Waals surface area (Å²) in [5.74, 6) is -2.71. The predicted molar refractivity (Wildman–Crippen MR) is 69.3 cm³/mol. The zero-order valence-electron chi connectivity index (χ0n) is 12.1. The summed E-state index contributed by atoms with van der Waals surface area (Å²) in [6, 6.07) is 0. The van der Waals surface area contributed by atoms with Crippen molar-refractivity contribution in [2.45, 2.75) is 20.8 Å². The van der Waals surface area contributed by atoms with Crippen LogP contribution < -0.4 is 5.32 Å². The van der Waals surface area contributed by atoms with Crippen LogP contribution in [0.1, 0.15) is 20.8 Å². The van der Waals surface area contributed by atoms with Gasteiger partial charge in [-0.2, -0.15) is 0 Å². The van der Waals surface area contributed by atoms with Gasteiger partial charge < -0.3 is 15.3 Å². The normalized spacial score (nSPS) is 25.3. The molecule has 0 aliphatic heterocycles. The largest absolute Gasteiger partial charge is 0.481 e. The van der Waals surface area contributed by atoms with Crippen molar-refractivity contribution in [2.75, 3.05) is 20.6 Å². The molecule has 0 aromatic heterocycles. The Labute approximate surface area is 113 Å². The van der Waals surface area contributed by atoms with Crippen molar-refractivity contribution in [1.82, 2.24) is 10.2 Å². The summed E-state index contributed by atoms with van der Waals surface area (Å²) in [4.78, 5) is 36.1. The number of rotatable bonds is 5. The highest BCUT2D eigenvalue weighted by atomic mass is 16.4. The lowest BCUT2D eigenvalue weighted by molar-refractivity contribution is -0.142. The van der Waals surface area contributed by atoms with E-state index >= 15 is 0 Å². The van der Waals surface area contributed by atoms with Crippen molar-refractivity contribution in [3.8, 4) is 0 Å². The molecule has 3 atom stereocenters. The summed E-state index contributed by atoms with van der Waals surface area (Å²) < 4.78 is 0. The zero-order valence-corrected chi connectivity index (χ0v) is 12.1. The molecule has 1 fully saturated rings. The van der Waals surface area contributed by atoms with Gasteiger partial charge in [0.25, 0.3) is 0 Å². The number of carbonyl (C=O) groups is 3. The maximum absolute atomic E-state index is 12.2. The van der Waals surface area contributed by atoms with E-state index in [1.54, 1.807) is 34.9 Å². The van der Waals surface area contributed by atoms with Crippen molar-refractivity contribution in [2.24, 2.45) is 23.2 Å². The second kappa shape index (κ2) is 5.19. The monoisotopic (exact) mass is 270 g/mol. The number of carboxylic acid groups (broad SMARTS) is 1. The van der Waals surface area contributed by atoms with E-state index < -0.39 is 23.2 Å². The molecule has 1 rings (SSSR count). The van der Waals surface area contributed by atoms with E-state index in [0.29, 0.717) is 0 Å². The number of amides is 2. The Hall–Kier alpha value is -1.59. The lowest BCUT2D eigenvalue weighted by Gasteiger charge is -2.21. The third-order valence-corrected chi connectivity index (χ3v) is 3.98. The summed E-state index contributed by atoms with van der Waals surface area (Å²) in [5, 5.41) is 11.6. The second-order valence-electron chi connectivity index (χ2n) is 5.85. The van der Waals surface area contributed by atoms with E-state index in [-0.39, 0.29) is 24.3 Å². The first-order valence-electron chi connectivity index (χ1n) is 6.34. The molecule has 1 aliphatic rings. The van der Waals surface area contributed by atoms with Crippen LogP contribution in [0.2, 0.25) is 0 Å².